The van der Waals surface area contributed by atoms with Crippen LogP contribution in [0.2, 0.25) is 0 Å². The molecule has 4 rings (SSSR count). The van der Waals surface area contributed by atoms with Crippen LogP contribution in [0.5, 0.6) is 0 Å². The molecule has 0 aromatic heterocycles. The van der Waals surface area contributed by atoms with E-state index in [1.807, 2.05) is 6.92 Å². The van der Waals surface area contributed by atoms with Crippen LogP contribution in [0.4, 0.5) is 0 Å². The molecule has 0 aliphatic heterocycles. The minimum Gasteiger partial charge on any atom is -0.389 e. The van der Waals surface area contributed by atoms with Crippen molar-refractivity contribution in [3.8, 4) is 0 Å². The number of nitrogens with one attached hydrogen (secondary N) is 1. The van der Waals surface area contributed by atoms with E-state index in [0.717, 1.165) is 0 Å². The van der Waals surface area contributed by atoms with Gasteiger partial charge in [0.2, 0.25) is 5.91 Å². The normalized spacial score (nSPS) is 61.4. The number of fused-ring (bicyclic) bond motifs is 1. The minimum atomic E-state index is -1.07. The molecule has 0 aromatic rings. The van der Waals surface area contributed by atoms with Gasteiger partial charge in [0.25, 0.3) is 0 Å². The van der Waals surface area contributed by atoms with E-state index in [2.05, 4.69) is 11.9 Å². The quantitative estimate of drug-likeness (QED) is 0.529. The molecule has 5 heteroatoms. The van der Waals surface area contributed by atoms with Crippen LogP contribution >= 0.6 is 0 Å². The molecule has 0 aromatic carbocycles. The molecule has 1 spiro atoms. The third-order valence-electron chi connectivity index (χ3n) is 6.96. The van der Waals surface area contributed by atoms with E-state index in [9.17, 15) is 20.1 Å². The van der Waals surface area contributed by atoms with Crippen LogP contribution in [0.3, 0.4) is 0 Å². The zero-order valence-electron chi connectivity index (χ0n) is 11.9. The van der Waals surface area contributed by atoms with E-state index in [1.54, 1.807) is 6.92 Å². The van der Waals surface area contributed by atoms with Gasteiger partial charge in [0.05, 0.1) is 22.2 Å². The fraction of sp³-hybridized carbons (Fsp3) is 0.800. The molecular formula is C15H21NO4. The van der Waals surface area contributed by atoms with Crippen LogP contribution in [-0.2, 0) is 4.79 Å². The Labute approximate surface area is 117 Å². The Kier molecular flexibility index (Phi) is 1.82. The Morgan fingerprint density at radius 3 is 2.25 bits per heavy atom. The third-order valence-corrected chi connectivity index (χ3v) is 6.96. The maximum atomic E-state index is 12.0. The van der Waals surface area contributed by atoms with Gasteiger partial charge in [0, 0.05) is 36.3 Å². The molecule has 6 unspecified atom stereocenters. The largest absolute Gasteiger partial charge is 0.389 e. The highest BCUT2D eigenvalue weighted by Crippen LogP contribution is 2.87. The summed E-state index contributed by atoms with van der Waals surface area (Å²) in [6, 6.07) is 0. The lowest BCUT2D eigenvalue weighted by atomic mass is 9.30. The fourth-order valence-electron chi connectivity index (χ4n) is 6.19. The molecule has 5 nitrogen and oxygen atoms in total. The van der Waals surface area contributed by atoms with E-state index in [0.29, 0.717) is 31.3 Å². The van der Waals surface area contributed by atoms with Crippen molar-refractivity contribution in [1.29, 1.82) is 0 Å². The molecule has 0 saturated heterocycles. The van der Waals surface area contributed by atoms with Crippen LogP contribution in [0.25, 0.3) is 0 Å². The average Bonchev–Trinajstić information content (AvgIpc) is 2.65. The first-order valence-corrected chi connectivity index (χ1v) is 7.21. The Bertz CT molecular complexity index is 576. The molecule has 4 N–H and O–H groups in total. The molecule has 4 fully saturated rings. The monoisotopic (exact) mass is 279 g/mol. The second kappa shape index (κ2) is 2.85. The fourth-order valence-corrected chi connectivity index (χ4v) is 6.19. The molecule has 0 heterocycles. The molecule has 6 atom stereocenters. The first-order chi connectivity index (χ1) is 9.06. The summed E-state index contributed by atoms with van der Waals surface area (Å²) in [6.07, 6.45) is 1.46. The van der Waals surface area contributed by atoms with E-state index < -0.39 is 27.8 Å². The maximum Gasteiger partial charge on any atom is 0.246 e. The lowest BCUT2D eigenvalue weighted by Crippen LogP contribution is -2.90. The summed E-state index contributed by atoms with van der Waals surface area (Å²) in [5.41, 5.74) is -4.16. The molecule has 110 valence electrons. The van der Waals surface area contributed by atoms with Gasteiger partial charge in [-0.25, -0.2) is 0 Å². The average molecular weight is 279 g/mol. The van der Waals surface area contributed by atoms with Crippen LogP contribution in [0, 0.1) is 11.3 Å². The number of rotatable bonds is 2. The van der Waals surface area contributed by atoms with Gasteiger partial charge in [-0.05, 0) is 13.3 Å². The smallest absolute Gasteiger partial charge is 0.246 e. The van der Waals surface area contributed by atoms with Crippen LogP contribution in [0.1, 0.15) is 39.5 Å². The zero-order chi connectivity index (χ0) is 14.8. The highest BCUT2D eigenvalue weighted by Gasteiger charge is 2.98. The number of carbonyl (C=O) groups excluding carboxylic acids is 1. The summed E-state index contributed by atoms with van der Waals surface area (Å²) >= 11 is 0. The Hall–Kier alpha value is -0.910. The highest BCUT2D eigenvalue weighted by molar-refractivity contribution is 5.93. The standard InChI is InChI=1S/C15H21NO4/c1-8(2)10(17)16-11-4-12(18)6-13(19)7-14(20,9(11)3)15(12,13)5-11/h9,18-20H,1,4-7H2,2-3H3,(H,16,17). The topological polar surface area (TPSA) is 89.8 Å². The summed E-state index contributed by atoms with van der Waals surface area (Å²) in [4.78, 5) is 12.0. The van der Waals surface area contributed by atoms with Gasteiger partial charge in [-0.2, -0.15) is 0 Å². The summed E-state index contributed by atoms with van der Waals surface area (Å²) in [5, 5.41) is 35.3. The molecule has 0 radical (unpaired) electrons. The van der Waals surface area contributed by atoms with Gasteiger partial charge in [0.1, 0.15) is 0 Å². The van der Waals surface area contributed by atoms with E-state index in [4.69, 9.17) is 0 Å². The van der Waals surface area contributed by atoms with Gasteiger partial charge in [-0.15, -0.1) is 0 Å². The van der Waals surface area contributed by atoms with Gasteiger partial charge in [-0.1, -0.05) is 13.5 Å². The summed E-state index contributed by atoms with van der Waals surface area (Å²) in [7, 11) is 0. The van der Waals surface area contributed by atoms with Gasteiger partial charge in [0.15, 0.2) is 0 Å². The van der Waals surface area contributed by atoms with Crippen molar-refractivity contribution in [2.24, 2.45) is 11.3 Å². The van der Waals surface area contributed by atoms with Gasteiger partial charge >= 0.3 is 0 Å². The van der Waals surface area contributed by atoms with Crippen LogP contribution in [-0.4, -0.2) is 43.6 Å². The van der Waals surface area contributed by atoms with Crippen LogP contribution in [0.15, 0.2) is 12.2 Å². The number of amides is 1. The first-order valence-electron chi connectivity index (χ1n) is 7.21. The van der Waals surface area contributed by atoms with Crippen molar-refractivity contribution < 1.29 is 20.1 Å². The molecule has 4 saturated carbocycles. The second-order valence-electron chi connectivity index (χ2n) is 7.71. The van der Waals surface area contributed by atoms with E-state index in [-0.39, 0.29) is 11.8 Å². The van der Waals surface area contributed by atoms with Crippen molar-refractivity contribution >= 4 is 5.91 Å². The second-order valence-corrected chi connectivity index (χ2v) is 7.71. The lowest BCUT2D eigenvalue weighted by Gasteiger charge is -2.79. The Balaban J connectivity index is 1.78. The number of hydrogen-bond acceptors (Lipinski definition) is 4. The first kappa shape index (κ1) is 12.8. The molecule has 1 amide bonds. The predicted molar refractivity (Wildman–Crippen MR) is 70.6 cm³/mol. The van der Waals surface area contributed by atoms with E-state index >= 15 is 0 Å². The zero-order valence-corrected chi connectivity index (χ0v) is 11.9. The minimum absolute atomic E-state index is 0.181. The van der Waals surface area contributed by atoms with Crippen LogP contribution < -0.4 is 5.32 Å². The van der Waals surface area contributed by atoms with E-state index in [1.165, 1.54) is 0 Å². The SMILES string of the molecule is C=C(C)C(=O)NC12CC3(O)CC4(O)CC(O)(C1C)C34C2. The number of aliphatic hydroxyl groups is 3. The van der Waals surface area contributed by atoms with Crippen molar-refractivity contribution in [1.82, 2.24) is 5.32 Å². The summed E-state index contributed by atoms with van der Waals surface area (Å²) in [6.45, 7) is 7.19. The van der Waals surface area contributed by atoms with Crippen molar-refractivity contribution in [2.75, 3.05) is 0 Å². The summed E-state index contributed by atoms with van der Waals surface area (Å²) < 4.78 is 0. The molecule has 4 aliphatic rings. The predicted octanol–water partition coefficient (Wildman–Crippen LogP) is -0.152. The lowest BCUT2D eigenvalue weighted by molar-refractivity contribution is -0.432. The number of carbonyl (C=O) groups is 1. The third kappa shape index (κ3) is 0.875. The molecular weight excluding hydrogens is 258 g/mol. The van der Waals surface area contributed by atoms with Crippen molar-refractivity contribution in [2.45, 2.75) is 61.9 Å². The van der Waals surface area contributed by atoms with Gasteiger partial charge < -0.3 is 20.6 Å². The van der Waals surface area contributed by atoms with Crippen molar-refractivity contribution in [3.63, 3.8) is 0 Å². The van der Waals surface area contributed by atoms with Crippen molar-refractivity contribution in [3.05, 3.63) is 12.2 Å². The molecule has 4 aliphatic carbocycles. The molecule has 2 bridgehead atoms. The maximum absolute atomic E-state index is 12.0. The number of hydrogen-bond donors (Lipinski definition) is 4. The molecule has 20 heavy (non-hydrogen) atoms. The Morgan fingerprint density at radius 2 is 1.75 bits per heavy atom. The van der Waals surface area contributed by atoms with Gasteiger partial charge in [-0.3, -0.25) is 4.79 Å². The highest BCUT2D eigenvalue weighted by atomic mass is 16.4. The summed E-state index contributed by atoms with van der Waals surface area (Å²) in [5.74, 6) is -0.425. The Morgan fingerprint density at radius 1 is 1.15 bits per heavy atom.